The summed E-state index contributed by atoms with van der Waals surface area (Å²) in [4.78, 5) is 22.2. The number of hydrogen-bond acceptors (Lipinski definition) is 5. The van der Waals surface area contributed by atoms with Crippen LogP contribution in [0.1, 0.15) is 17.3 Å². The standard InChI is InChI=1S/C12H18N4O3/c1-2-15-11(17)9-4-3-8(13)7-10(9)16-5-6-19-12(14)18/h3-4,7,16H,2,5-6,13H2,1H3,(H2,14,18)(H,15,17). The van der Waals surface area contributed by atoms with Gasteiger partial charge in [0.25, 0.3) is 5.91 Å². The van der Waals surface area contributed by atoms with Crippen LogP contribution in [0, 0.1) is 0 Å². The first-order chi connectivity index (χ1) is 9.04. The van der Waals surface area contributed by atoms with Gasteiger partial charge in [-0.25, -0.2) is 4.79 Å². The number of carbonyl (C=O) groups is 2. The van der Waals surface area contributed by atoms with E-state index in [0.29, 0.717) is 30.0 Å². The summed E-state index contributed by atoms with van der Waals surface area (Å²) in [6.45, 7) is 2.81. The first-order valence-corrected chi connectivity index (χ1v) is 5.88. The third-order valence-electron chi connectivity index (χ3n) is 2.29. The fourth-order valence-electron chi connectivity index (χ4n) is 1.50. The number of nitrogen functional groups attached to an aromatic ring is 1. The second-order valence-electron chi connectivity index (χ2n) is 3.76. The van der Waals surface area contributed by atoms with Crippen molar-refractivity contribution >= 4 is 23.4 Å². The molecule has 0 aliphatic heterocycles. The fraction of sp³-hybridized carbons (Fsp3) is 0.333. The van der Waals surface area contributed by atoms with Crippen molar-refractivity contribution in [3.8, 4) is 0 Å². The molecule has 2 amide bonds. The van der Waals surface area contributed by atoms with Crippen LogP contribution >= 0.6 is 0 Å². The lowest BCUT2D eigenvalue weighted by molar-refractivity contribution is 0.0956. The van der Waals surface area contributed by atoms with Gasteiger partial charge in [-0.15, -0.1) is 0 Å². The Hall–Kier alpha value is -2.44. The number of rotatable bonds is 6. The van der Waals surface area contributed by atoms with Crippen LogP contribution in [0.15, 0.2) is 18.2 Å². The maximum Gasteiger partial charge on any atom is 0.404 e. The molecule has 0 aromatic heterocycles. The van der Waals surface area contributed by atoms with Gasteiger partial charge in [0.05, 0.1) is 5.56 Å². The van der Waals surface area contributed by atoms with Crippen LogP contribution in [0.3, 0.4) is 0 Å². The van der Waals surface area contributed by atoms with Gasteiger partial charge < -0.3 is 26.8 Å². The average Bonchev–Trinajstić information content (AvgIpc) is 2.34. The number of ether oxygens (including phenoxy) is 1. The van der Waals surface area contributed by atoms with Gasteiger partial charge in [0.2, 0.25) is 0 Å². The number of amides is 2. The van der Waals surface area contributed by atoms with Gasteiger partial charge in [-0.1, -0.05) is 0 Å². The van der Waals surface area contributed by atoms with Crippen LogP contribution in [-0.2, 0) is 4.74 Å². The van der Waals surface area contributed by atoms with Crippen molar-refractivity contribution in [1.29, 1.82) is 0 Å². The minimum atomic E-state index is -0.835. The molecule has 0 bridgehead atoms. The van der Waals surface area contributed by atoms with E-state index in [4.69, 9.17) is 11.5 Å². The second-order valence-corrected chi connectivity index (χ2v) is 3.76. The number of nitrogens with one attached hydrogen (secondary N) is 2. The van der Waals surface area contributed by atoms with Crippen LogP contribution in [-0.4, -0.2) is 31.7 Å². The highest BCUT2D eigenvalue weighted by Crippen LogP contribution is 2.19. The molecule has 1 aromatic rings. The Morgan fingerprint density at radius 3 is 2.74 bits per heavy atom. The lowest BCUT2D eigenvalue weighted by atomic mass is 10.1. The predicted octanol–water partition coefficient (Wildman–Crippen LogP) is 0.526. The molecular formula is C12H18N4O3. The Bertz CT molecular complexity index is 462. The summed E-state index contributed by atoms with van der Waals surface area (Å²) >= 11 is 0. The maximum atomic E-state index is 11.8. The van der Waals surface area contributed by atoms with Crippen molar-refractivity contribution in [2.24, 2.45) is 5.73 Å². The molecule has 0 radical (unpaired) electrons. The summed E-state index contributed by atoms with van der Waals surface area (Å²) in [6.07, 6.45) is -0.835. The molecule has 7 heteroatoms. The normalized spacial score (nSPS) is 9.74. The Morgan fingerprint density at radius 1 is 1.37 bits per heavy atom. The monoisotopic (exact) mass is 266 g/mol. The molecule has 0 fully saturated rings. The molecule has 104 valence electrons. The largest absolute Gasteiger partial charge is 0.448 e. The van der Waals surface area contributed by atoms with E-state index in [2.05, 4.69) is 15.4 Å². The summed E-state index contributed by atoms with van der Waals surface area (Å²) in [5.41, 5.74) is 12.1. The number of hydrogen-bond donors (Lipinski definition) is 4. The highest BCUT2D eigenvalue weighted by atomic mass is 16.5. The first-order valence-electron chi connectivity index (χ1n) is 5.88. The Kier molecular flexibility index (Phi) is 5.46. The molecule has 0 unspecified atom stereocenters. The molecule has 0 aliphatic rings. The molecule has 0 heterocycles. The topological polar surface area (TPSA) is 119 Å². The van der Waals surface area contributed by atoms with Crippen molar-refractivity contribution < 1.29 is 14.3 Å². The summed E-state index contributed by atoms with van der Waals surface area (Å²) < 4.78 is 4.59. The number of benzene rings is 1. The van der Waals surface area contributed by atoms with E-state index < -0.39 is 6.09 Å². The van der Waals surface area contributed by atoms with Crippen molar-refractivity contribution in [3.05, 3.63) is 23.8 Å². The third kappa shape index (κ3) is 4.74. The van der Waals surface area contributed by atoms with Crippen LogP contribution in [0.25, 0.3) is 0 Å². The zero-order chi connectivity index (χ0) is 14.3. The summed E-state index contributed by atoms with van der Waals surface area (Å²) in [7, 11) is 0. The lowest BCUT2D eigenvalue weighted by Crippen LogP contribution is -2.25. The fourth-order valence-corrected chi connectivity index (χ4v) is 1.50. The van der Waals surface area contributed by atoms with Crippen LogP contribution in [0.5, 0.6) is 0 Å². The molecule has 1 rings (SSSR count). The molecule has 0 spiro atoms. The second kappa shape index (κ2) is 7.10. The molecule has 6 N–H and O–H groups in total. The molecule has 0 aliphatic carbocycles. The van der Waals surface area contributed by atoms with Crippen molar-refractivity contribution in [3.63, 3.8) is 0 Å². The van der Waals surface area contributed by atoms with Gasteiger partial charge in [0.1, 0.15) is 6.61 Å². The highest BCUT2D eigenvalue weighted by Gasteiger charge is 2.10. The average molecular weight is 266 g/mol. The van der Waals surface area contributed by atoms with Gasteiger partial charge in [0, 0.05) is 24.5 Å². The number of primary amides is 1. The molecule has 0 saturated carbocycles. The molecule has 0 saturated heterocycles. The number of carbonyl (C=O) groups excluding carboxylic acids is 2. The molecule has 0 atom stereocenters. The van der Waals surface area contributed by atoms with E-state index >= 15 is 0 Å². The number of anilines is 2. The van der Waals surface area contributed by atoms with Gasteiger partial charge in [-0.05, 0) is 25.1 Å². The highest BCUT2D eigenvalue weighted by molar-refractivity contribution is 6.00. The van der Waals surface area contributed by atoms with E-state index in [0.717, 1.165) is 0 Å². The molecule has 1 aromatic carbocycles. The van der Waals surface area contributed by atoms with Gasteiger partial charge in [-0.3, -0.25) is 4.79 Å². The Morgan fingerprint density at radius 2 is 2.11 bits per heavy atom. The zero-order valence-electron chi connectivity index (χ0n) is 10.7. The van der Waals surface area contributed by atoms with E-state index in [1.165, 1.54) is 0 Å². The van der Waals surface area contributed by atoms with Crippen molar-refractivity contribution in [1.82, 2.24) is 5.32 Å². The van der Waals surface area contributed by atoms with Crippen LogP contribution < -0.4 is 22.1 Å². The smallest absolute Gasteiger partial charge is 0.404 e. The minimum Gasteiger partial charge on any atom is -0.448 e. The summed E-state index contributed by atoms with van der Waals surface area (Å²) in [5, 5.41) is 5.68. The van der Waals surface area contributed by atoms with E-state index in [1.807, 2.05) is 6.92 Å². The van der Waals surface area contributed by atoms with Crippen molar-refractivity contribution in [2.75, 3.05) is 30.7 Å². The van der Waals surface area contributed by atoms with Gasteiger partial charge in [0.15, 0.2) is 0 Å². The molecule has 7 nitrogen and oxygen atoms in total. The Labute approximate surface area is 111 Å². The van der Waals surface area contributed by atoms with E-state index in [-0.39, 0.29) is 12.5 Å². The van der Waals surface area contributed by atoms with E-state index in [9.17, 15) is 9.59 Å². The molecule has 19 heavy (non-hydrogen) atoms. The predicted molar refractivity (Wildman–Crippen MR) is 72.9 cm³/mol. The third-order valence-corrected chi connectivity index (χ3v) is 2.29. The van der Waals surface area contributed by atoms with Crippen LogP contribution in [0.4, 0.5) is 16.2 Å². The van der Waals surface area contributed by atoms with Gasteiger partial charge >= 0.3 is 6.09 Å². The number of nitrogens with two attached hydrogens (primary N) is 2. The molecular weight excluding hydrogens is 248 g/mol. The quantitative estimate of drug-likeness (QED) is 0.442. The lowest BCUT2D eigenvalue weighted by Gasteiger charge is -2.12. The van der Waals surface area contributed by atoms with Gasteiger partial charge in [-0.2, -0.15) is 0 Å². The first kappa shape index (κ1) is 14.6. The summed E-state index contributed by atoms with van der Waals surface area (Å²) in [6, 6.07) is 4.93. The maximum absolute atomic E-state index is 11.8. The van der Waals surface area contributed by atoms with Crippen LogP contribution in [0.2, 0.25) is 0 Å². The summed E-state index contributed by atoms with van der Waals surface area (Å²) in [5.74, 6) is -0.194. The van der Waals surface area contributed by atoms with Crippen molar-refractivity contribution in [2.45, 2.75) is 6.92 Å². The SMILES string of the molecule is CCNC(=O)c1ccc(N)cc1NCCOC(N)=O. The van der Waals surface area contributed by atoms with E-state index in [1.54, 1.807) is 18.2 Å². The Balaban J connectivity index is 2.71. The minimum absolute atomic E-state index is 0.110. The zero-order valence-corrected chi connectivity index (χ0v) is 10.7.